The van der Waals surface area contributed by atoms with Crippen molar-refractivity contribution in [2.75, 3.05) is 20.2 Å². The highest BCUT2D eigenvalue weighted by atomic mass is 32.2. The summed E-state index contributed by atoms with van der Waals surface area (Å²) in [7, 11) is -2.52. The van der Waals surface area contributed by atoms with E-state index in [0.717, 1.165) is 21.0 Å². The van der Waals surface area contributed by atoms with Gasteiger partial charge in [0.05, 0.1) is 11.4 Å². The molecule has 0 bridgehead atoms. The molecule has 0 saturated heterocycles. The van der Waals surface area contributed by atoms with Crippen molar-refractivity contribution in [1.82, 2.24) is 15.2 Å². The predicted octanol–water partition coefficient (Wildman–Crippen LogP) is 1.46. The molecule has 0 fully saturated rings. The van der Waals surface area contributed by atoms with Crippen molar-refractivity contribution in [3.63, 3.8) is 0 Å². The van der Waals surface area contributed by atoms with E-state index in [1.165, 1.54) is 19.2 Å². The molecule has 156 valence electrons. The minimum Gasteiger partial charge on any atom is -0.483 e. The van der Waals surface area contributed by atoms with Gasteiger partial charge < -0.3 is 4.74 Å². The number of likely N-dealkylation sites (N-methyl/N-ethyl adjacent to an activating group) is 1. The normalized spacial score (nSPS) is 11.2. The van der Waals surface area contributed by atoms with Crippen LogP contribution < -0.4 is 15.6 Å². The van der Waals surface area contributed by atoms with Crippen LogP contribution in [0.15, 0.2) is 47.4 Å². The third-order valence-electron chi connectivity index (χ3n) is 4.19. The van der Waals surface area contributed by atoms with Crippen LogP contribution in [0.3, 0.4) is 0 Å². The second kappa shape index (κ2) is 9.53. The second-order valence-corrected chi connectivity index (χ2v) is 8.72. The maximum Gasteiger partial charge on any atom is 0.276 e. The molecule has 29 heavy (non-hydrogen) atoms. The summed E-state index contributed by atoms with van der Waals surface area (Å²) in [5, 5.41) is 0. The van der Waals surface area contributed by atoms with Crippen molar-refractivity contribution < 1.29 is 22.7 Å². The summed E-state index contributed by atoms with van der Waals surface area (Å²) in [5.74, 6) is -0.633. The van der Waals surface area contributed by atoms with Crippen LogP contribution in [0.4, 0.5) is 0 Å². The Hall–Kier alpha value is -2.91. The molecular formula is C20H25N3O5S. The van der Waals surface area contributed by atoms with Crippen LogP contribution >= 0.6 is 0 Å². The molecule has 0 saturated carbocycles. The van der Waals surface area contributed by atoms with Crippen LogP contribution in [-0.4, -0.2) is 44.7 Å². The quantitative estimate of drug-likeness (QED) is 0.661. The van der Waals surface area contributed by atoms with E-state index in [2.05, 4.69) is 10.9 Å². The van der Waals surface area contributed by atoms with Gasteiger partial charge in [0, 0.05) is 7.05 Å². The van der Waals surface area contributed by atoms with Gasteiger partial charge in [-0.05, 0) is 44.0 Å². The average Bonchev–Trinajstić information content (AvgIpc) is 2.66. The van der Waals surface area contributed by atoms with Gasteiger partial charge in [-0.2, -0.15) is 4.31 Å². The molecule has 0 aliphatic heterocycles. The smallest absolute Gasteiger partial charge is 0.276 e. The number of benzene rings is 2. The largest absolute Gasteiger partial charge is 0.483 e. The van der Waals surface area contributed by atoms with Crippen LogP contribution in [0.25, 0.3) is 0 Å². The van der Waals surface area contributed by atoms with Crippen LogP contribution in [0.1, 0.15) is 16.7 Å². The van der Waals surface area contributed by atoms with E-state index >= 15 is 0 Å². The third-order valence-corrected chi connectivity index (χ3v) is 6.01. The Kier molecular flexibility index (Phi) is 7.35. The summed E-state index contributed by atoms with van der Waals surface area (Å²) >= 11 is 0. The molecule has 2 aromatic carbocycles. The van der Waals surface area contributed by atoms with Crippen molar-refractivity contribution >= 4 is 21.8 Å². The fourth-order valence-corrected chi connectivity index (χ4v) is 3.68. The number of hydrogen-bond acceptors (Lipinski definition) is 5. The van der Waals surface area contributed by atoms with E-state index in [1.54, 1.807) is 12.1 Å². The Balaban J connectivity index is 1.84. The van der Waals surface area contributed by atoms with Gasteiger partial charge in [-0.15, -0.1) is 0 Å². The first-order chi connectivity index (χ1) is 13.6. The number of para-hydroxylation sites is 1. The predicted molar refractivity (Wildman–Crippen MR) is 109 cm³/mol. The van der Waals surface area contributed by atoms with Crippen LogP contribution in [-0.2, 0) is 19.6 Å². The number of hydrazine groups is 1. The highest BCUT2D eigenvalue weighted by Gasteiger charge is 2.23. The fraction of sp³-hybridized carbons (Fsp3) is 0.300. The van der Waals surface area contributed by atoms with Gasteiger partial charge in [-0.25, -0.2) is 8.42 Å². The highest BCUT2D eigenvalue weighted by Crippen LogP contribution is 2.22. The number of nitrogens with one attached hydrogen (secondary N) is 2. The number of ether oxygens (including phenoxy) is 1. The standard InChI is InChI=1S/C20H25N3O5S/c1-14-8-10-17(11-9-14)29(26,27)23(4)12-18(24)21-22-19(25)13-28-20-15(2)6-5-7-16(20)3/h5-11H,12-13H2,1-4H3,(H,21,24)(H,22,25). The third kappa shape index (κ3) is 6.03. The lowest BCUT2D eigenvalue weighted by molar-refractivity contribution is -0.130. The summed E-state index contributed by atoms with van der Waals surface area (Å²) in [4.78, 5) is 24.0. The first-order valence-corrected chi connectivity index (χ1v) is 10.3. The molecule has 0 radical (unpaired) electrons. The van der Waals surface area contributed by atoms with E-state index in [0.29, 0.717) is 5.75 Å². The Morgan fingerprint density at radius 2 is 1.48 bits per heavy atom. The van der Waals surface area contributed by atoms with E-state index < -0.39 is 28.4 Å². The summed E-state index contributed by atoms with van der Waals surface area (Å²) in [6.45, 7) is 4.84. The molecule has 9 heteroatoms. The van der Waals surface area contributed by atoms with Gasteiger partial charge in [0.2, 0.25) is 10.0 Å². The molecule has 2 aromatic rings. The van der Waals surface area contributed by atoms with Gasteiger partial charge in [0.15, 0.2) is 6.61 Å². The van der Waals surface area contributed by atoms with Crippen molar-refractivity contribution in [2.45, 2.75) is 25.7 Å². The molecule has 2 rings (SSSR count). The van der Waals surface area contributed by atoms with Crippen LogP contribution in [0.2, 0.25) is 0 Å². The van der Waals surface area contributed by atoms with Gasteiger partial charge >= 0.3 is 0 Å². The number of rotatable bonds is 7. The minimum absolute atomic E-state index is 0.0874. The van der Waals surface area contributed by atoms with Gasteiger partial charge in [-0.3, -0.25) is 20.4 Å². The zero-order valence-corrected chi connectivity index (χ0v) is 17.7. The number of hydrogen-bond donors (Lipinski definition) is 2. The molecule has 0 atom stereocenters. The highest BCUT2D eigenvalue weighted by molar-refractivity contribution is 7.89. The number of carbonyl (C=O) groups is 2. The minimum atomic E-state index is -3.81. The molecule has 8 nitrogen and oxygen atoms in total. The molecule has 0 heterocycles. The van der Waals surface area contributed by atoms with Gasteiger partial charge in [0.25, 0.3) is 11.8 Å². The van der Waals surface area contributed by atoms with Gasteiger partial charge in [0.1, 0.15) is 5.75 Å². The Bertz CT molecular complexity index is 967. The van der Waals surface area contributed by atoms with E-state index in [-0.39, 0.29) is 11.5 Å². The molecule has 0 unspecified atom stereocenters. The van der Waals surface area contributed by atoms with Crippen molar-refractivity contribution in [1.29, 1.82) is 0 Å². The second-order valence-electron chi connectivity index (χ2n) is 6.68. The first kappa shape index (κ1) is 22.4. The van der Waals surface area contributed by atoms with Crippen molar-refractivity contribution in [3.05, 3.63) is 59.2 Å². The Labute approximate surface area is 170 Å². The lowest BCUT2D eigenvalue weighted by Crippen LogP contribution is -2.48. The monoisotopic (exact) mass is 419 g/mol. The molecule has 2 amide bonds. The number of sulfonamides is 1. The van der Waals surface area contributed by atoms with E-state index in [1.807, 2.05) is 39.0 Å². The zero-order valence-electron chi connectivity index (χ0n) is 16.9. The van der Waals surface area contributed by atoms with E-state index in [4.69, 9.17) is 4.74 Å². The number of carbonyl (C=O) groups excluding carboxylic acids is 2. The topological polar surface area (TPSA) is 105 Å². The van der Waals surface area contributed by atoms with Crippen molar-refractivity contribution in [3.8, 4) is 5.75 Å². The average molecular weight is 420 g/mol. The van der Waals surface area contributed by atoms with E-state index in [9.17, 15) is 18.0 Å². The zero-order chi connectivity index (χ0) is 21.6. The number of nitrogens with zero attached hydrogens (tertiary/aromatic N) is 1. The summed E-state index contributed by atoms with van der Waals surface area (Å²) < 4.78 is 31.4. The molecule has 0 aromatic heterocycles. The first-order valence-electron chi connectivity index (χ1n) is 8.91. The maximum atomic E-state index is 12.5. The number of aryl methyl sites for hydroxylation is 3. The Morgan fingerprint density at radius 3 is 2.07 bits per heavy atom. The molecule has 2 N–H and O–H groups in total. The van der Waals surface area contributed by atoms with Gasteiger partial charge in [-0.1, -0.05) is 35.9 Å². The summed E-state index contributed by atoms with van der Waals surface area (Å²) in [5.41, 5.74) is 7.11. The summed E-state index contributed by atoms with van der Waals surface area (Å²) in [6, 6.07) is 11.9. The molecular weight excluding hydrogens is 394 g/mol. The Morgan fingerprint density at radius 1 is 0.931 bits per heavy atom. The molecule has 0 aliphatic carbocycles. The maximum absolute atomic E-state index is 12.5. The molecule has 0 spiro atoms. The van der Waals surface area contributed by atoms with Crippen LogP contribution in [0, 0.1) is 20.8 Å². The van der Waals surface area contributed by atoms with Crippen LogP contribution in [0.5, 0.6) is 5.75 Å². The SMILES string of the molecule is Cc1ccc(S(=O)(=O)N(C)CC(=O)NNC(=O)COc2c(C)cccc2C)cc1. The fourth-order valence-electron chi connectivity index (χ4n) is 2.56. The summed E-state index contributed by atoms with van der Waals surface area (Å²) in [6.07, 6.45) is 0. The number of amides is 2. The molecule has 0 aliphatic rings. The van der Waals surface area contributed by atoms with Crippen molar-refractivity contribution in [2.24, 2.45) is 0 Å². The lowest BCUT2D eigenvalue weighted by atomic mass is 10.1. The lowest BCUT2D eigenvalue weighted by Gasteiger charge is -2.17.